The summed E-state index contributed by atoms with van der Waals surface area (Å²) in [6, 6.07) is 6.98. The number of urea groups is 1. The van der Waals surface area contributed by atoms with E-state index in [9.17, 15) is 9.59 Å². The largest absolute Gasteiger partial charge is 0.481 e. The van der Waals surface area contributed by atoms with E-state index in [4.69, 9.17) is 5.11 Å². The van der Waals surface area contributed by atoms with Crippen LogP contribution in [0.1, 0.15) is 45.1 Å². The summed E-state index contributed by atoms with van der Waals surface area (Å²) in [6.45, 7) is 4.08. The fourth-order valence-corrected chi connectivity index (χ4v) is 2.18. The number of anilines is 1. The van der Waals surface area contributed by atoms with Gasteiger partial charge in [-0.15, -0.1) is 0 Å². The van der Waals surface area contributed by atoms with E-state index in [1.54, 1.807) is 0 Å². The van der Waals surface area contributed by atoms with E-state index in [0.717, 1.165) is 19.3 Å². The van der Waals surface area contributed by atoms with Crippen molar-refractivity contribution < 1.29 is 14.7 Å². The van der Waals surface area contributed by atoms with Gasteiger partial charge in [-0.1, -0.05) is 38.8 Å². The number of amides is 2. The van der Waals surface area contributed by atoms with Gasteiger partial charge >= 0.3 is 12.0 Å². The molecular weight excluding hydrogens is 268 g/mol. The van der Waals surface area contributed by atoms with Crippen LogP contribution in [0, 0.1) is 0 Å². The van der Waals surface area contributed by atoms with E-state index in [-0.39, 0.29) is 18.5 Å². The fourth-order valence-electron chi connectivity index (χ4n) is 2.18. The SMILES string of the molecule is CCCc1ccc(NC(=O)NC(CCC)CC(=O)O)cc1. The van der Waals surface area contributed by atoms with Crippen LogP contribution in [0.25, 0.3) is 0 Å². The van der Waals surface area contributed by atoms with Gasteiger partial charge in [0.05, 0.1) is 6.42 Å². The molecule has 1 unspecified atom stereocenters. The van der Waals surface area contributed by atoms with Gasteiger partial charge in [0.15, 0.2) is 0 Å². The summed E-state index contributed by atoms with van der Waals surface area (Å²) in [6.07, 6.45) is 3.51. The smallest absolute Gasteiger partial charge is 0.319 e. The lowest BCUT2D eigenvalue weighted by Crippen LogP contribution is -2.39. The monoisotopic (exact) mass is 292 g/mol. The Balaban J connectivity index is 2.52. The Labute approximate surface area is 125 Å². The number of aliphatic carboxylic acids is 1. The van der Waals surface area contributed by atoms with Crippen LogP contribution in [0.5, 0.6) is 0 Å². The highest BCUT2D eigenvalue weighted by atomic mass is 16.4. The Kier molecular flexibility index (Phi) is 7.29. The molecule has 0 fully saturated rings. The van der Waals surface area contributed by atoms with Gasteiger partial charge in [0.2, 0.25) is 0 Å². The molecule has 1 rings (SSSR count). The summed E-state index contributed by atoms with van der Waals surface area (Å²) in [7, 11) is 0. The van der Waals surface area contributed by atoms with Crippen molar-refractivity contribution in [2.75, 3.05) is 5.32 Å². The Morgan fingerprint density at radius 3 is 2.33 bits per heavy atom. The van der Waals surface area contributed by atoms with Crippen molar-refractivity contribution in [3.63, 3.8) is 0 Å². The maximum atomic E-state index is 11.9. The van der Waals surface area contributed by atoms with Gasteiger partial charge in [-0.05, 0) is 30.5 Å². The molecule has 0 aliphatic rings. The lowest BCUT2D eigenvalue weighted by Gasteiger charge is -2.16. The van der Waals surface area contributed by atoms with Gasteiger partial charge in [-0.2, -0.15) is 0 Å². The molecule has 0 heterocycles. The highest BCUT2D eigenvalue weighted by molar-refractivity contribution is 5.89. The number of carboxylic acids is 1. The van der Waals surface area contributed by atoms with Crippen LogP contribution in [-0.4, -0.2) is 23.1 Å². The van der Waals surface area contributed by atoms with E-state index in [2.05, 4.69) is 17.6 Å². The van der Waals surface area contributed by atoms with Gasteiger partial charge in [-0.3, -0.25) is 4.79 Å². The van der Waals surface area contributed by atoms with Crippen molar-refractivity contribution >= 4 is 17.7 Å². The first-order valence-electron chi connectivity index (χ1n) is 7.43. The van der Waals surface area contributed by atoms with E-state index in [1.807, 2.05) is 31.2 Å². The number of carboxylic acid groups (broad SMARTS) is 1. The average Bonchev–Trinajstić information content (AvgIpc) is 2.40. The Hall–Kier alpha value is -2.04. The topological polar surface area (TPSA) is 78.4 Å². The van der Waals surface area contributed by atoms with Crippen LogP contribution in [-0.2, 0) is 11.2 Å². The number of rotatable bonds is 8. The van der Waals surface area contributed by atoms with Crippen LogP contribution in [0.4, 0.5) is 10.5 Å². The summed E-state index contributed by atoms with van der Waals surface area (Å²) in [5.41, 5.74) is 1.94. The highest BCUT2D eigenvalue weighted by Gasteiger charge is 2.15. The molecule has 1 aromatic rings. The normalized spacial score (nSPS) is 11.7. The second-order valence-electron chi connectivity index (χ2n) is 5.13. The minimum absolute atomic E-state index is 0.0588. The predicted molar refractivity (Wildman–Crippen MR) is 83.5 cm³/mol. The van der Waals surface area contributed by atoms with E-state index in [0.29, 0.717) is 12.1 Å². The van der Waals surface area contributed by atoms with Gasteiger partial charge < -0.3 is 15.7 Å². The molecule has 0 aliphatic carbocycles. The number of hydrogen-bond donors (Lipinski definition) is 3. The van der Waals surface area contributed by atoms with E-state index >= 15 is 0 Å². The fraction of sp³-hybridized carbons (Fsp3) is 0.500. The minimum atomic E-state index is -0.905. The van der Waals surface area contributed by atoms with Crippen molar-refractivity contribution in [3.8, 4) is 0 Å². The maximum Gasteiger partial charge on any atom is 0.319 e. The lowest BCUT2D eigenvalue weighted by molar-refractivity contribution is -0.137. The van der Waals surface area contributed by atoms with Gasteiger partial charge in [-0.25, -0.2) is 4.79 Å². The third kappa shape index (κ3) is 6.79. The molecule has 1 atom stereocenters. The second-order valence-corrected chi connectivity index (χ2v) is 5.13. The number of aryl methyl sites for hydroxylation is 1. The summed E-state index contributed by atoms with van der Waals surface area (Å²) in [5, 5.41) is 14.3. The molecule has 0 aromatic heterocycles. The molecule has 5 nitrogen and oxygen atoms in total. The summed E-state index contributed by atoms with van der Waals surface area (Å²) >= 11 is 0. The number of hydrogen-bond acceptors (Lipinski definition) is 2. The molecule has 0 bridgehead atoms. The molecule has 1 aromatic carbocycles. The minimum Gasteiger partial charge on any atom is -0.481 e. The molecule has 0 aliphatic heterocycles. The number of carbonyl (C=O) groups excluding carboxylic acids is 1. The molecule has 2 amide bonds. The Bertz CT molecular complexity index is 457. The predicted octanol–water partition coefficient (Wildman–Crippen LogP) is 3.40. The van der Waals surface area contributed by atoms with Crippen molar-refractivity contribution in [1.82, 2.24) is 5.32 Å². The van der Waals surface area contributed by atoms with Gasteiger partial charge in [0.25, 0.3) is 0 Å². The first-order valence-corrected chi connectivity index (χ1v) is 7.43. The van der Waals surface area contributed by atoms with Crippen LogP contribution < -0.4 is 10.6 Å². The van der Waals surface area contributed by atoms with Crippen molar-refractivity contribution in [3.05, 3.63) is 29.8 Å². The third-order valence-electron chi connectivity index (χ3n) is 3.14. The summed E-state index contributed by atoms with van der Waals surface area (Å²) in [4.78, 5) is 22.6. The summed E-state index contributed by atoms with van der Waals surface area (Å²) in [5.74, 6) is -0.905. The quantitative estimate of drug-likeness (QED) is 0.687. The van der Waals surface area contributed by atoms with Crippen LogP contribution in [0.2, 0.25) is 0 Å². The van der Waals surface area contributed by atoms with Crippen molar-refractivity contribution in [2.24, 2.45) is 0 Å². The van der Waals surface area contributed by atoms with Crippen LogP contribution in [0.15, 0.2) is 24.3 Å². The van der Waals surface area contributed by atoms with Crippen LogP contribution in [0.3, 0.4) is 0 Å². The third-order valence-corrected chi connectivity index (χ3v) is 3.14. The first kappa shape index (κ1) is 17.0. The highest BCUT2D eigenvalue weighted by Crippen LogP contribution is 2.11. The molecule has 5 heteroatoms. The number of benzene rings is 1. The molecule has 3 N–H and O–H groups in total. The molecule has 0 saturated heterocycles. The van der Waals surface area contributed by atoms with Gasteiger partial charge in [0.1, 0.15) is 0 Å². The van der Waals surface area contributed by atoms with E-state index < -0.39 is 5.97 Å². The maximum absolute atomic E-state index is 11.9. The Morgan fingerprint density at radius 2 is 1.81 bits per heavy atom. The molecule has 0 radical (unpaired) electrons. The molecule has 0 spiro atoms. The Morgan fingerprint density at radius 1 is 1.14 bits per heavy atom. The first-order chi connectivity index (χ1) is 10.0. The summed E-state index contributed by atoms with van der Waals surface area (Å²) < 4.78 is 0. The zero-order valence-corrected chi connectivity index (χ0v) is 12.7. The molecule has 116 valence electrons. The van der Waals surface area contributed by atoms with Crippen molar-refractivity contribution in [2.45, 2.75) is 52.0 Å². The van der Waals surface area contributed by atoms with E-state index in [1.165, 1.54) is 5.56 Å². The molecule has 21 heavy (non-hydrogen) atoms. The zero-order valence-electron chi connectivity index (χ0n) is 12.7. The number of nitrogens with one attached hydrogen (secondary N) is 2. The zero-order chi connectivity index (χ0) is 15.7. The second kappa shape index (κ2) is 9.00. The lowest BCUT2D eigenvalue weighted by atomic mass is 10.1. The standard InChI is InChI=1S/C16H24N2O3/c1-3-5-12-7-9-13(10-8-12)17-16(21)18-14(6-4-2)11-15(19)20/h7-10,14H,3-6,11H2,1-2H3,(H,19,20)(H2,17,18,21). The average molecular weight is 292 g/mol. The molecule has 0 saturated carbocycles. The number of carbonyl (C=O) groups is 2. The van der Waals surface area contributed by atoms with Crippen LogP contribution >= 0.6 is 0 Å². The van der Waals surface area contributed by atoms with Gasteiger partial charge in [0, 0.05) is 11.7 Å². The van der Waals surface area contributed by atoms with Crippen molar-refractivity contribution in [1.29, 1.82) is 0 Å². The molecular formula is C16H24N2O3.